The standard InChI is InChI=1S/C17H18O/c1-3-17(16-11-9-14(2)10-12-16)18-13-15-7-5-4-6-8-15/h3-12,17H,1,13H2,2H3/t17-/m1/s1. The highest BCUT2D eigenvalue weighted by atomic mass is 16.5. The largest absolute Gasteiger partial charge is 0.365 e. The maximum Gasteiger partial charge on any atom is 0.101 e. The van der Waals surface area contributed by atoms with Crippen LogP contribution in [0.15, 0.2) is 67.3 Å². The highest BCUT2D eigenvalue weighted by Crippen LogP contribution is 2.20. The van der Waals surface area contributed by atoms with Gasteiger partial charge in [-0.05, 0) is 18.1 Å². The highest BCUT2D eigenvalue weighted by Gasteiger charge is 2.07. The van der Waals surface area contributed by atoms with Crippen LogP contribution in [0.5, 0.6) is 0 Å². The van der Waals surface area contributed by atoms with E-state index >= 15 is 0 Å². The minimum atomic E-state index is -0.0502. The Morgan fingerprint density at radius 3 is 2.33 bits per heavy atom. The van der Waals surface area contributed by atoms with Crippen LogP contribution in [0, 0.1) is 6.92 Å². The van der Waals surface area contributed by atoms with E-state index in [2.05, 4.69) is 49.9 Å². The van der Waals surface area contributed by atoms with Crippen LogP contribution in [-0.2, 0) is 11.3 Å². The molecule has 0 spiro atoms. The summed E-state index contributed by atoms with van der Waals surface area (Å²) in [6.07, 6.45) is 1.79. The van der Waals surface area contributed by atoms with Crippen LogP contribution >= 0.6 is 0 Å². The minimum Gasteiger partial charge on any atom is -0.365 e. The highest BCUT2D eigenvalue weighted by molar-refractivity contribution is 5.25. The van der Waals surface area contributed by atoms with Crippen molar-refractivity contribution in [2.75, 3.05) is 0 Å². The predicted molar refractivity (Wildman–Crippen MR) is 75.3 cm³/mol. The van der Waals surface area contributed by atoms with Crippen LogP contribution in [0.2, 0.25) is 0 Å². The quantitative estimate of drug-likeness (QED) is 0.700. The van der Waals surface area contributed by atoms with Crippen molar-refractivity contribution in [2.24, 2.45) is 0 Å². The number of ether oxygens (including phenoxy) is 1. The van der Waals surface area contributed by atoms with E-state index in [0.717, 1.165) is 5.56 Å². The molecule has 2 rings (SSSR count). The average molecular weight is 238 g/mol. The van der Waals surface area contributed by atoms with Crippen LogP contribution < -0.4 is 0 Å². The first-order chi connectivity index (χ1) is 8.79. The number of hydrogen-bond acceptors (Lipinski definition) is 1. The van der Waals surface area contributed by atoms with Crippen molar-refractivity contribution < 1.29 is 4.74 Å². The molecule has 0 saturated carbocycles. The summed E-state index contributed by atoms with van der Waals surface area (Å²) < 4.78 is 5.89. The Morgan fingerprint density at radius 1 is 1.06 bits per heavy atom. The third-order valence-corrected chi connectivity index (χ3v) is 2.89. The Kier molecular flexibility index (Phi) is 4.32. The minimum absolute atomic E-state index is 0.0502. The zero-order valence-electron chi connectivity index (χ0n) is 10.7. The lowest BCUT2D eigenvalue weighted by molar-refractivity contribution is 0.0720. The Hall–Kier alpha value is -1.86. The summed E-state index contributed by atoms with van der Waals surface area (Å²) in [5.74, 6) is 0. The summed E-state index contributed by atoms with van der Waals surface area (Å²) in [6.45, 7) is 6.53. The van der Waals surface area contributed by atoms with Crippen LogP contribution in [0.3, 0.4) is 0 Å². The monoisotopic (exact) mass is 238 g/mol. The molecule has 0 fully saturated rings. The van der Waals surface area contributed by atoms with Gasteiger partial charge in [0, 0.05) is 0 Å². The molecule has 1 atom stereocenters. The smallest absolute Gasteiger partial charge is 0.101 e. The molecule has 0 aliphatic carbocycles. The average Bonchev–Trinajstić information content (AvgIpc) is 2.42. The van der Waals surface area contributed by atoms with Gasteiger partial charge in [0.15, 0.2) is 0 Å². The molecule has 0 aliphatic rings. The van der Waals surface area contributed by atoms with Crippen molar-refractivity contribution in [1.82, 2.24) is 0 Å². The molecule has 0 aromatic heterocycles. The number of benzene rings is 2. The van der Waals surface area contributed by atoms with Crippen molar-refractivity contribution in [3.8, 4) is 0 Å². The zero-order chi connectivity index (χ0) is 12.8. The van der Waals surface area contributed by atoms with Crippen LogP contribution in [-0.4, -0.2) is 0 Å². The first-order valence-corrected chi connectivity index (χ1v) is 6.14. The second-order valence-corrected chi connectivity index (χ2v) is 4.36. The maximum atomic E-state index is 5.89. The maximum absolute atomic E-state index is 5.89. The van der Waals surface area contributed by atoms with E-state index in [-0.39, 0.29) is 6.10 Å². The normalized spacial score (nSPS) is 12.1. The Labute approximate surface area is 109 Å². The fraction of sp³-hybridized carbons (Fsp3) is 0.176. The molecule has 2 aromatic carbocycles. The molecular weight excluding hydrogens is 220 g/mol. The molecule has 92 valence electrons. The fourth-order valence-corrected chi connectivity index (χ4v) is 1.82. The van der Waals surface area contributed by atoms with Gasteiger partial charge in [0.05, 0.1) is 6.61 Å². The third-order valence-electron chi connectivity index (χ3n) is 2.89. The summed E-state index contributed by atoms with van der Waals surface area (Å²) in [5, 5.41) is 0. The van der Waals surface area contributed by atoms with Gasteiger partial charge < -0.3 is 4.74 Å². The molecule has 0 bridgehead atoms. The first kappa shape index (κ1) is 12.6. The van der Waals surface area contributed by atoms with Gasteiger partial charge in [0.25, 0.3) is 0 Å². The van der Waals surface area contributed by atoms with Gasteiger partial charge in [-0.1, -0.05) is 66.2 Å². The number of hydrogen-bond donors (Lipinski definition) is 0. The zero-order valence-corrected chi connectivity index (χ0v) is 10.7. The summed E-state index contributed by atoms with van der Waals surface area (Å²) in [6, 6.07) is 18.6. The van der Waals surface area contributed by atoms with Crippen LogP contribution in [0.4, 0.5) is 0 Å². The van der Waals surface area contributed by atoms with E-state index in [4.69, 9.17) is 4.74 Å². The number of aryl methyl sites for hydroxylation is 1. The molecule has 18 heavy (non-hydrogen) atoms. The van der Waals surface area contributed by atoms with E-state index in [1.165, 1.54) is 11.1 Å². The van der Waals surface area contributed by atoms with Crippen molar-refractivity contribution in [3.63, 3.8) is 0 Å². The van der Waals surface area contributed by atoms with E-state index in [1.807, 2.05) is 24.3 Å². The first-order valence-electron chi connectivity index (χ1n) is 6.14. The summed E-state index contributed by atoms with van der Waals surface area (Å²) in [5.41, 5.74) is 3.58. The molecule has 0 radical (unpaired) electrons. The molecule has 0 N–H and O–H groups in total. The third kappa shape index (κ3) is 3.31. The van der Waals surface area contributed by atoms with Crippen LogP contribution in [0.1, 0.15) is 22.8 Å². The SMILES string of the molecule is C=C[C@@H](OCc1ccccc1)c1ccc(C)cc1. The van der Waals surface area contributed by atoms with Gasteiger partial charge in [-0.2, -0.15) is 0 Å². The summed E-state index contributed by atoms with van der Waals surface area (Å²) >= 11 is 0. The number of rotatable bonds is 5. The molecule has 0 aliphatic heterocycles. The van der Waals surface area contributed by atoms with Crippen LogP contribution in [0.25, 0.3) is 0 Å². The Balaban J connectivity index is 2.02. The predicted octanol–water partition coefficient (Wildman–Crippen LogP) is 4.44. The van der Waals surface area contributed by atoms with E-state index in [0.29, 0.717) is 6.61 Å². The lowest BCUT2D eigenvalue weighted by Crippen LogP contribution is -2.01. The Morgan fingerprint density at radius 2 is 1.72 bits per heavy atom. The van der Waals surface area contributed by atoms with Crippen molar-refractivity contribution >= 4 is 0 Å². The topological polar surface area (TPSA) is 9.23 Å². The second-order valence-electron chi connectivity index (χ2n) is 4.36. The van der Waals surface area contributed by atoms with Gasteiger partial charge in [-0.3, -0.25) is 0 Å². The molecule has 0 unspecified atom stereocenters. The van der Waals surface area contributed by atoms with E-state index in [9.17, 15) is 0 Å². The van der Waals surface area contributed by atoms with Gasteiger partial charge in [-0.25, -0.2) is 0 Å². The molecule has 2 aromatic rings. The van der Waals surface area contributed by atoms with E-state index in [1.54, 1.807) is 0 Å². The van der Waals surface area contributed by atoms with Gasteiger partial charge in [0.2, 0.25) is 0 Å². The molecule has 1 heteroatoms. The summed E-state index contributed by atoms with van der Waals surface area (Å²) in [7, 11) is 0. The molecule has 0 heterocycles. The second kappa shape index (κ2) is 6.18. The fourth-order valence-electron chi connectivity index (χ4n) is 1.82. The van der Waals surface area contributed by atoms with Gasteiger partial charge in [-0.15, -0.1) is 6.58 Å². The Bertz CT molecular complexity index is 485. The van der Waals surface area contributed by atoms with E-state index < -0.39 is 0 Å². The van der Waals surface area contributed by atoms with Crippen molar-refractivity contribution in [1.29, 1.82) is 0 Å². The lowest BCUT2D eigenvalue weighted by Gasteiger charge is -2.14. The van der Waals surface area contributed by atoms with Gasteiger partial charge >= 0.3 is 0 Å². The molecular formula is C17H18O. The molecule has 0 amide bonds. The van der Waals surface area contributed by atoms with Crippen molar-refractivity contribution in [2.45, 2.75) is 19.6 Å². The molecule has 0 saturated heterocycles. The lowest BCUT2D eigenvalue weighted by atomic mass is 10.1. The molecule has 1 nitrogen and oxygen atoms in total. The summed E-state index contributed by atoms with van der Waals surface area (Å²) in [4.78, 5) is 0. The van der Waals surface area contributed by atoms with Gasteiger partial charge in [0.1, 0.15) is 6.10 Å². The van der Waals surface area contributed by atoms with Crippen molar-refractivity contribution in [3.05, 3.63) is 83.9 Å².